The van der Waals surface area contributed by atoms with Crippen LogP contribution in [0.1, 0.15) is 36.1 Å². The van der Waals surface area contributed by atoms with Crippen molar-refractivity contribution in [3.63, 3.8) is 0 Å². The molecule has 0 saturated carbocycles. The summed E-state index contributed by atoms with van der Waals surface area (Å²) < 4.78 is 5.47. The smallest absolute Gasteiger partial charge is 0.119 e. The average molecular weight is 390 g/mol. The van der Waals surface area contributed by atoms with Gasteiger partial charge in [-0.1, -0.05) is 30.3 Å². The molecule has 5 rings (SSSR count). The number of aromatic nitrogens is 1. The third-order valence-electron chi connectivity index (χ3n) is 6.92. The van der Waals surface area contributed by atoms with Crippen LogP contribution in [-0.2, 0) is 18.4 Å². The van der Waals surface area contributed by atoms with Crippen LogP contribution >= 0.6 is 0 Å². The third-order valence-corrected chi connectivity index (χ3v) is 6.92. The van der Waals surface area contributed by atoms with Gasteiger partial charge >= 0.3 is 0 Å². The van der Waals surface area contributed by atoms with E-state index in [1.165, 1.54) is 73.0 Å². The highest BCUT2D eigenvalue weighted by Crippen LogP contribution is 2.40. The van der Waals surface area contributed by atoms with Crippen LogP contribution in [0, 0.1) is 0 Å². The summed E-state index contributed by atoms with van der Waals surface area (Å²) in [6.07, 6.45) is 5.85. The Morgan fingerprint density at radius 3 is 2.69 bits per heavy atom. The van der Waals surface area contributed by atoms with Crippen molar-refractivity contribution >= 4 is 10.9 Å². The number of benzene rings is 2. The summed E-state index contributed by atoms with van der Waals surface area (Å²) >= 11 is 0. The molecule has 3 aromatic rings. The van der Waals surface area contributed by atoms with Gasteiger partial charge in [0.05, 0.1) is 12.6 Å². The fraction of sp³-hybridized carbons (Fsp3) is 0.440. The Morgan fingerprint density at radius 2 is 1.90 bits per heavy atom. The van der Waals surface area contributed by atoms with E-state index in [1.54, 1.807) is 7.11 Å². The zero-order valence-electron chi connectivity index (χ0n) is 17.3. The number of nitrogens with one attached hydrogen (secondary N) is 2. The molecule has 29 heavy (non-hydrogen) atoms. The molecule has 1 fully saturated rings. The van der Waals surface area contributed by atoms with Gasteiger partial charge < -0.3 is 19.9 Å². The van der Waals surface area contributed by atoms with Crippen molar-refractivity contribution in [2.45, 2.75) is 37.6 Å². The second kappa shape index (κ2) is 7.85. The first-order valence-electron chi connectivity index (χ1n) is 11.0. The molecular weight excluding hydrogens is 358 g/mol. The van der Waals surface area contributed by atoms with E-state index < -0.39 is 0 Å². The SMILES string of the molecule is COc1ccc2[nH]c3c(c2c1)CCNC31CCN(CCCc2ccccc2)CC1. The van der Waals surface area contributed by atoms with Gasteiger partial charge in [0.1, 0.15) is 5.75 Å². The first kappa shape index (κ1) is 18.7. The van der Waals surface area contributed by atoms with E-state index in [-0.39, 0.29) is 5.54 Å². The van der Waals surface area contributed by atoms with Crippen LogP contribution in [0.2, 0.25) is 0 Å². The Bertz CT molecular complexity index is 970. The van der Waals surface area contributed by atoms with Crippen molar-refractivity contribution in [3.05, 3.63) is 65.4 Å². The van der Waals surface area contributed by atoms with E-state index >= 15 is 0 Å². The standard InChI is InChI=1S/C25H31N3O/c1-29-20-9-10-23-22(18-20)21-11-14-26-25(24(21)27-23)12-16-28(17-13-25)15-5-8-19-6-3-2-4-7-19/h2-4,6-7,9-10,18,26-27H,5,8,11-17H2,1H3. The van der Waals surface area contributed by atoms with E-state index in [9.17, 15) is 0 Å². The van der Waals surface area contributed by atoms with Crippen molar-refractivity contribution in [1.29, 1.82) is 0 Å². The number of aryl methyl sites for hydroxylation is 1. The number of methoxy groups -OCH3 is 1. The minimum Gasteiger partial charge on any atom is -0.497 e. The van der Waals surface area contributed by atoms with Crippen molar-refractivity contribution in [2.24, 2.45) is 0 Å². The minimum atomic E-state index is 0.107. The van der Waals surface area contributed by atoms with E-state index in [1.807, 2.05) is 0 Å². The fourth-order valence-corrected chi connectivity index (χ4v) is 5.27. The summed E-state index contributed by atoms with van der Waals surface area (Å²) in [5.74, 6) is 0.945. The van der Waals surface area contributed by atoms with E-state index in [0.29, 0.717) is 0 Å². The zero-order chi connectivity index (χ0) is 19.7. The number of piperidine rings is 1. The number of ether oxygens (including phenoxy) is 1. The first-order valence-corrected chi connectivity index (χ1v) is 11.0. The molecule has 152 valence electrons. The van der Waals surface area contributed by atoms with Gasteiger partial charge in [0.2, 0.25) is 0 Å². The topological polar surface area (TPSA) is 40.3 Å². The average Bonchev–Trinajstić information content (AvgIpc) is 3.15. The van der Waals surface area contributed by atoms with Crippen molar-refractivity contribution in [2.75, 3.05) is 33.3 Å². The maximum absolute atomic E-state index is 5.47. The number of hydrogen-bond donors (Lipinski definition) is 2. The molecule has 0 unspecified atom stereocenters. The normalized spacial score (nSPS) is 18.8. The highest BCUT2D eigenvalue weighted by atomic mass is 16.5. The van der Waals surface area contributed by atoms with Crippen LogP contribution in [0.15, 0.2) is 48.5 Å². The molecule has 0 amide bonds. The highest BCUT2D eigenvalue weighted by Gasteiger charge is 2.41. The van der Waals surface area contributed by atoms with E-state index in [2.05, 4.69) is 63.7 Å². The Labute approximate surface area is 173 Å². The zero-order valence-corrected chi connectivity index (χ0v) is 17.3. The monoisotopic (exact) mass is 389 g/mol. The lowest BCUT2D eigenvalue weighted by Gasteiger charge is -2.45. The number of nitrogens with zero attached hydrogens (tertiary/aromatic N) is 1. The van der Waals surface area contributed by atoms with Crippen LogP contribution < -0.4 is 10.1 Å². The van der Waals surface area contributed by atoms with Gasteiger partial charge in [-0.05, 0) is 68.0 Å². The summed E-state index contributed by atoms with van der Waals surface area (Å²) in [4.78, 5) is 6.42. The van der Waals surface area contributed by atoms with Crippen LogP contribution in [0.3, 0.4) is 0 Å². The molecule has 1 aromatic heterocycles. The maximum atomic E-state index is 5.47. The second-order valence-electron chi connectivity index (χ2n) is 8.58. The fourth-order valence-electron chi connectivity index (χ4n) is 5.27. The quantitative estimate of drug-likeness (QED) is 0.685. The molecule has 0 radical (unpaired) electrons. The lowest BCUT2D eigenvalue weighted by molar-refractivity contribution is 0.125. The first-order chi connectivity index (χ1) is 14.3. The van der Waals surface area contributed by atoms with Gasteiger partial charge in [0.25, 0.3) is 0 Å². The molecule has 2 N–H and O–H groups in total. The number of likely N-dealkylation sites (tertiary alicyclic amines) is 1. The molecule has 1 saturated heterocycles. The van der Waals surface area contributed by atoms with Crippen LogP contribution in [0.4, 0.5) is 0 Å². The molecular formula is C25H31N3O. The lowest BCUT2D eigenvalue weighted by Crippen LogP contribution is -2.54. The molecule has 0 atom stereocenters. The number of hydrogen-bond acceptors (Lipinski definition) is 3. The molecule has 0 bridgehead atoms. The molecule has 2 aromatic carbocycles. The third kappa shape index (κ3) is 3.56. The molecule has 2 aliphatic rings. The second-order valence-corrected chi connectivity index (χ2v) is 8.58. The number of fused-ring (bicyclic) bond motifs is 4. The Kier molecular flexibility index (Phi) is 5.06. The number of H-pyrrole nitrogens is 1. The van der Waals surface area contributed by atoms with Gasteiger partial charge in [0.15, 0.2) is 0 Å². The predicted molar refractivity (Wildman–Crippen MR) is 119 cm³/mol. The summed E-state index contributed by atoms with van der Waals surface area (Å²) in [7, 11) is 1.75. The van der Waals surface area contributed by atoms with Gasteiger partial charge in [-0.2, -0.15) is 0 Å². The highest BCUT2D eigenvalue weighted by molar-refractivity contribution is 5.86. The minimum absolute atomic E-state index is 0.107. The largest absolute Gasteiger partial charge is 0.497 e. The van der Waals surface area contributed by atoms with Crippen molar-refractivity contribution < 1.29 is 4.74 Å². The van der Waals surface area contributed by atoms with E-state index in [4.69, 9.17) is 4.74 Å². The molecule has 4 heteroatoms. The van der Waals surface area contributed by atoms with Crippen LogP contribution in [0.5, 0.6) is 5.75 Å². The number of aromatic amines is 1. The molecule has 4 nitrogen and oxygen atoms in total. The molecule has 3 heterocycles. The summed E-state index contributed by atoms with van der Waals surface area (Å²) in [6.45, 7) is 4.59. The summed E-state index contributed by atoms with van der Waals surface area (Å²) in [5, 5.41) is 5.23. The Balaban J connectivity index is 1.27. The van der Waals surface area contributed by atoms with Crippen molar-refractivity contribution in [1.82, 2.24) is 15.2 Å². The molecule has 1 spiro atoms. The van der Waals surface area contributed by atoms with Gasteiger partial charge in [-0.15, -0.1) is 0 Å². The van der Waals surface area contributed by atoms with E-state index in [0.717, 1.165) is 18.7 Å². The predicted octanol–water partition coefficient (Wildman–Crippen LogP) is 4.25. The van der Waals surface area contributed by atoms with Crippen LogP contribution in [-0.4, -0.2) is 43.2 Å². The maximum Gasteiger partial charge on any atom is 0.119 e. The summed E-state index contributed by atoms with van der Waals surface area (Å²) in [5.41, 5.74) is 5.72. The van der Waals surface area contributed by atoms with Crippen LogP contribution in [0.25, 0.3) is 10.9 Å². The summed E-state index contributed by atoms with van der Waals surface area (Å²) in [6, 6.07) is 17.3. The lowest BCUT2D eigenvalue weighted by atomic mass is 9.79. The number of rotatable bonds is 5. The molecule has 2 aliphatic heterocycles. The Morgan fingerprint density at radius 1 is 1.07 bits per heavy atom. The van der Waals surface area contributed by atoms with Gasteiger partial charge in [-0.3, -0.25) is 0 Å². The van der Waals surface area contributed by atoms with Crippen molar-refractivity contribution in [3.8, 4) is 5.75 Å². The molecule has 0 aliphatic carbocycles. The Hall–Kier alpha value is -2.30. The van der Waals surface area contributed by atoms with Gasteiger partial charge in [-0.25, -0.2) is 0 Å². The van der Waals surface area contributed by atoms with Gasteiger partial charge in [0, 0.05) is 36.2 Å².